The molecule has 7 heteroatoms. The minimum atomic E-state index is -0.433. The quantitative estimate of drug-likeness (QED) is 0.638. The van der Waals surface area contributed by atoms with E-state index in [4.69, 9.17) is 0 Å². The molecule has 0 radical (unpaired) electrons. The maximum atomic E-state index is 10.5. The van der Waals surface area contributed by atoms with Gasteiger partial charge in [0.15, 0.2) is 0 Å². The number of nitrogens with one attached hydrogen (secondary N) is 1. The van der Waals surface area contributed by atoms with Crippen molar-refractivity contribution in [3.63, 3.8) is 0 Å². The zero-order valence-corrected chi connectivity index (χ0v) is 10.3. The molecule has 1 unspecified atom stereocenters. The summed E-state index contributed by atoms with van der Waals surface area (Å²) in [7, 11) is 0. The van der Waals surface area contributed by atoms with Crippen molar-refractivity contribution >= 4 is 23.9 Å². The fourth-order valence-corrected chi connectivity index (χ4v) is 1.81. The van der Waals surface area contributed by atoms with Crippen LogP contribution in [0.4, 0.5) is 11.5 Å². The molecule has 1 aromatic rings. The van der Waals surface area contributed by atoms with E-state index in [1.807, 2.05) is 0 Å². The summed E-state index contributed by atoms with van der Waals surface area (Å²) >= 11 is 0. The summed E-state index contributed by atoms with van der Waals surface area (Å²) in [6, 6.07) is 3.62. The maximum absolute atomic E-state index is 10.5. The van der Waals surface area contributed by atoms with E-state index in [0.717, 1.165) is 25.5 Å². The molecule has 0 saturated carbocycles. The Balaban J connectivity index is 0.00000144. The molecule has 6 nitrogen and oxygen atoms in total. The molecule has 0 bridgehead atoms. The Kier molecular flexibility index (Phi) is 4.65. The molecule has 0 amide bonds. The highest BCUT2D eigenvalue weighted by Gasteiger charge is 2.17. The SMILES string of the molecule is CC1CN(c2ccc([N+](=O)[O-])cn2)CCN1.Cl. The van der Waals surface area contributed by atoms with Crippen LogP contribution in [-0.4, -0.2) is 35.6 Å². The number of hydrogen-bond donors (Lipinski definition) is 1. The molecular weight excluding hydrogens is 244 g/mol. The van der Waals surface area contributed by atoms with Crippen molar-refractivity contribution in [1.29, 1.82) is 0 Å². The van der Waals surface area contributed by atoms with Crippen LogP contribution < -0.4 is 10.2 Å². The van der Waals surface area contributed by atoms with Gasteiger partial charge in [-0.05, 0) is 13.0 Å². The molecular formula is C10H15ClN4O2. The van der Waals surface area contributed by atoms with Crippen LogP contribution in [0.1, 0.15) is 6.92 Å². The average molecular weight is 259 g/mol. The Morgan fingerprint density at radius 1 is 1.59 bits per heavy atom. The fraction of sp³-hybridized carbons (Fsp3) is 0.500. The molecule has 2 rings (SSSR count). The molecule has 1 atom stereocenters. The lowest BCUT2D eigenvalue weighted by Crippen LogP contribution is -2.49. The van der Waals surface area contributed by atoms with Gasteiger partial charge >= 0.3 is 0 Å². The molecule has 1 aromatic heterocycles. The molecule has 1 aliphatic heterocycles. The van der Waals surface area contributed by atoms with Gasteiger partial charge in [-0.3, -0.25) is 10.1 Å². The van der Waals surface area contributed by atoms with Gasteiger partial charge < -0.3 is 10.2 Å². The van der Waals surface area contributed by atoms with Crippen molar-refractivity contribution in [2.45, 2.75) is 13.0 Å². The summed E-state index contributed by atoms with van der Waals surface area (Å²) in [6.07, 6.45) is 1.31. The smallest absolute Gasteiger partial charge is 0.287 e. The predicted molar refractivity (Wildman–Crippen MR) is 67.8 cm³/mol. The fourth-order valence-electron chi connectivity index (χ4n) is 1.81. The number of nitro groups is 1. The van der Waals surface area contributed by atoms with Gasteiger partial charge in [0.25, 0.3) is 5.69 Å². The standard InChI is InChI=1S/C10H14N4O2.ClH/c1-8-7-13(5-4-11-8)10-3-2-9(6-12-10)14(15)16;/h2-3,6,8,11H,4-5,7H2,1H3;1H. The highest BCUT2D eigenvalue weighted by molar-refractivity contribution is 5.85. The van der Waals surface area contributed by atoms with Crippen molar-refractivity contribution in [3.8, 4) is 0 Å². The second-order valence-electron chi connectivity index (χ2n) is 3.93. The van der Waals surface area contributed by atoms with E-state index in [1.54, 1.807) is 6.07 Å². The molecule has 2 heterocycles. The van der Waals surface area contributed by atoms with Crippen molar-refractivity contribution in [3.05, 3.63) is 28.4 Å². The molecule has 1 fully saturated rings. The second kappa shape index (κ2) is 5.79. The molecule has 94 valence electrons. The molecule has 1 aliphatic rings. The van der Waals surface area contributed by atoms with Gasteiger partial charge in [-0.2, -0.15) is 0 Å². The number of hydrogen-bond acceptors (Lipinski definition) is 5. The van der Waals surface area contributed by atoms with E-state index in [2.05, 4.69) is 22.1 Å². The van der Waals surface area contributed by atoms with Crippen LogP contribution in [0.15, 0.2) is 18.3 Å². The van der Waals surface area contributed by atoms with Crippen LogP contribution in [0.3, 0.4) is 0 Å². The Hall–Kier alpha value is -1.40. The van der Waals surface area contributed by atoms with Crippen LogP contribution in [0.25, 0.3) is 0 Å². The van der Waals surface area contributed by atoms with Crippen LogP contribution in [-0.2, 0) is 0 Å². The number of anilines is 1. The van der Waals surface area contributed by atoms with Crippen molar-refractivity contribution < 1.29 is 4.92 Å². The summed E-state index contributed by atoms with van der Waals surface area (Å²) in [5.41, 5.74) is 0.0342. The van der Waals surface area contributed by atoms with Gasteiger partial charge in [0.1, 0.15) is 12.0 Å². The maximum Gasteiger partial charge on any atom is 0.287 e. The number of nitrogens with zero attached hydrogens (tertiary/aromatic N) is 3. The minimum Gasteiger partial charge on any atom is -0.354 e. The first-order valence-corrected chi connectivity index (χ1v) is 5.25. The van der Waals surface area contributed by atoms with Gasteiger partial charge in [-0.1, -0.05) is 0 Å². The number of piperazine rings is 1. The summed E-state index contributed by atoms with van der Waals surface area (Å²) in [4.78, 5) is 16.3. The Labute approximate surface area is 106 Å². The lowest BCUT2D eigenvalue weighted by Gasteiger charge is -2.32. The monoisotopic (exact) mass is 258 g/mol. The highest BCUT2D eigenvalue weighted by atomic mass is 35.5. The normalized spacial score (nSPS) is 19.6. The zero-order chi connectivity index (χ0) is 11.5. The van der Waals surface area contributed by atoms with Gasteiger partial charge in [-0.25, -0.2) is 4.98 Å². The second-order valence-corrected chi connectivity index (χ2v) is 3.93. The van der Waals surface area contributed by atoms with Gasteiger partial charge in [0, 0.05) is 31.7 Å². The van der Waals surface area contributed by atoms with E-state index in [9.17, 15) is 10.1 Å². The summed E-state index contributed by atoms with van der Waals surface area (Å²) in [6.45, 7) is 4.79. The number of rotatable bonds is 2. The first-order valence-electron chi connectivity index (χ1n) is 5.25. The first kappa shape index (κ1) is 13.7. The lowest BCUT2D eigenvalue weighted by molar-refractivity contribution is -0.385. The largest absolute Gasteiger partial charge is 0.354 e. The molecule has 0 aliphatic carbocycles. The van der Waals surface area contributed by atoms with E-state index >= 15 is 0 Å². The number of pyridine rings is 1. The topological polar surface area (TPSA) is 71.3 Å². The molecule has 0 aromatic carbocycles. The number of aromatic nitrogens is 1. The van der Waals surface area contributed by atoms with Gasteiger partial charge in [0.05, 0.1) is 4.92 Å². The highest BCUT2D eigenvalue weighted by Crippen LogP contribution is 2.16. The Morgan fingerprint density at radius 2 is 2.35 bits per heavy atom. The van der Waals surface area contributed by atoms with Crippen LogP contribution in [0, 0.1) is 10.1 Å². The van der Waals surface area contributed by atoms with Gasteiger partial charge in [-0.15, -0.1) is 12.4 Å². The van der Waals surface area contributed by atoms with Crippen molar-refractivity contribution in [2.24, 2.45) is 0 Å². The van der Waals surface area contributed by atoms with E-state index in [-0.39, 0.29) is 18.1 Å². The van der Waals surface area contributed by atoms with E-state index in [0.29, 0.717) is 6.04 Å². The summed E-state index contributed by atoms with van der Waals surface area (Å²) in [5.74, 6) is 0.805. The molecule has 1 N–H and O–H groups in total. The summed E-state index contributed by atoms with van der Waals surface area (Å²) < 4.78 is 0. The molecule has 0 spiro atoms. The Bertz CT molecular complexity index is 384. The Morgan fingerprint density at radius 3 is 2.88 bits per heavy atom. The zero-order valence-electron chi connectivity index (χ0n) is 9.50. The molecule has 17 heavy (non-hydrogen) atoms. The third kappa shape index (κ3) is 3.28. The van der Waals surface area contributed by atoms with Crippen LogP contribution in [0.5, 0.6) is 0 Å². The average Bonchev–Trinajstić information content (AvgIpc) is 2.29. The van der Waals surface area contributed by atoms with Crippen LogP contribution in [0.2, 0.25) is 0 Å². The van der Waals surface area contributed by atoms with Gasteiger partial charge in [0.2, 0.25) is 0 Å². The van der Waals surface area contributed by atoms with E-state index < -0.39 is 4.92 Å². The lowest BCUT2D eigenvalue weighted by atomic mass is 10.2. The molecule has 1 saturated heterocycles. The third-order valence-electron chi connectivity index (χ3n) is 2.64. The van der Waals surface area contributed by atoms with Crippen LogP contribution >= 0.6 is 12.4 Å². The van der Waals surface area contributed by atoms with Crippen molar-refractivity contribution in [2.75, 3.05) is 24.5 Å². The minimum absolute atomic E-state index is 0. The number of halogens is 1. The predicted octanol–water partition coefficient (Wildman–Crippen LogP) is 1.21. The first-order chi connectivity index (χ1) is 7.66. The third-order valence-corrected chi connectivity index (χ3v) is 2.64. The van der Waals surface area contributed by atoms with E-state index in [1.165, 1.54) is 12.3 Å². The summed E-state index contributed by atoms with van der Waals surface area (Å²) in [5, 5.41) is 13.8. The van der Waals surface area contributed by atoms with Crippen molar-refractivity contribution in [1.82, 2.24) is 10.3 Å².